The van der Waals surface area contributed by atoms with Crippen LogP contribution in [0.2, 0.25) is 0 Å². The van der Waals surface area contributed by atoms with Crippen LogP contribution < -0.4 is 5.56 Å². The summed E-state index contributed by atoms with van der Waals surface area (Å²) >= 11 is 0. The molecule has 6 nitrogen and oxygen atoms in total. The van der Waals surface area contributed by atoms with Gasteiger partial charge in [0.25, 0.3) is 5.56 Å². The minimum Gasteiger partial charge on any atom is -0.477 e. The summed E-state index contributed by atoms with van der Waals surface area (Å²) in [6.07, 6.45) is 0. The summed E-state index contributed by atoms with van der Waals surface area (Å²) in [5, 5.41) is 12.7. The van der Waals surface area contributed by atoms with E-state index >= 15 is 0 Å². The van der Waals surface area contributed by atoms with Gasteiger partial charge in [0.2, 0.25) is 0 Å². The normalized spacial score (nSPS) is 10.3. The van der Waals surface area contributed by atoms with Crippen LogP contribution in [0.25, 0.3) is 0 Å². The molecule has 0 aromatic carbocycles. The molecule has 0 spiro atoms. The first-order valence-corrected chi connectivity index (χ1v) is 4.37. The number of ether oxygens (including phenoxy) is 1. The number of rotatable bonds is 4. The summed E-state index contributed by atoms with van der Waals surface area (Å²) in [6, 6.07) is 1.26. The van der Waals surface area contributed by atoms with Crippen molar-refractivity contribution in [2.24, 2.45) is 0 Å². The van der Waals surface area contributed by atoms with Crippen molar-refractivity contribution in [3.8, 4) is 0 Å². The monoisotopic (exact) mass is 212 g/mol. The minimum atomic E-state index is -1.24. The van der Waals surface area contributed by atoms with Crippen LogP contribution in [0.15, 0.2) is 10.9 Å². The molecule has 15 heavy (non-hydrogen) atoms. The van der Waals surface area contributed by atoms with Crippen molar-refractivity contribution in [2.75, 3.05) is 13.7 Å². The fraction of sp³-hybridized carbons (Fsp3) is 0.444. The summed E-state index contributed by atoms with van der Waals surface area (Å²) in [4.78, 5) is 22.3. The zero-order valence-corrected chi connectivity index (χ0v) is 8.56. The first-order valence-electron chi connectivity index (χ1n) is 4.37. The number of methoxy groups -OCH3 is 1. The van der Waals surface area contributed by atoms with E-state index < -0.39 is 11.5 Å². The minimum absolute atomic E-state index is 0.247. The van der Waals surface area contributed by atoms with Crippen LogP contribution in [0.4, 0.5) is 0 Å². The lowest BCUT2D eigenvalue weighted by Crippen LogP contribution is -2.30. The molecule has 82 valence electrons. The van der Waals surface area contributed by atoms with E-state index in [1.807, 2.05) is 0 Å². The summed E-state index contributed by atoms with van der Waals surface area (Å²) in [7, 11) is 1.50. The van der Waals surface area contributed by atoms with Crippen LogP contribution >= 0.6 is 0 Å². The Morgan fingerprint density at radius 1 is 1.67 bits per heavy atom. The fourth-order valence-corrected chi connectivity index (χ4v) is 1.16. The molecule has 0 aliphatic carbocycles. The predicted molar refractivity (Wildman–Crippen MR) is 52.1 cm³/mol. The van der Waals surface area contributed by atoms with Gasteiger partial charge in [0.15, 0.2) is 0 Å². The Balaban J connectivity index is 3.17. The Hall–Kier alpha value is -1.69. The van der Waals surface area contributed by atoms with Gasteiger partial charge in [-0.3, -0.25) is 4.79 Å². The third-order valence-corrected chi connectivity index (χ3v) is 1.83. The van der Waals surface area contributed by atoms with E-state index in [2.05, 4.69) is 5.10 Å². The van der Waals surface area contributed by atoms with E-state index in [-0.39, 0.29) is 12.1 Å². The molecular weight excluding hydrogens is 200 g/mol. The quantitative estimate of drug-likeness (QED) is 0.753. The van der Waals surface area contributed by atoms with Gasteiger partial charge in [-0.2, -0.15) is 5.10 Å². The van der Waals surface area contributed by atoms with Crippen LogP contribution in [0, 0.1) is 6.92 Å². The summed E-state index contributed by atoms with van der Waals surface area (Å²) < 4.78 is 5.89. The van der Waals surface area contributed by atoms with Crippen molar-refractivity contribution in [2.45, 2.75) is 13.5 Å². The highest BCUT2D eigenvalue weighted by Gasteiger charge is 2.12. The fourth-order valence-electron chi connectivity index (χ4n) is 1.16. The summed E-state index contributed by atoms with van der Waals surface area (Å²) in [5.41, 5.74) is -0.383. The maximum absolute atomic E-state index is 11.5. The van der Waals surface area contributed by atoms with E-state index in [0.717, 1.165) is 4.68 Å². The predicted octanol–water partition coefficient (Wildman–Crippen LogP) is -0.104. The zero-order valence-electron chi connectivity index (χ0n) is 8.56. The Morgan fingerprint density at radius 2 is 2.33 bits per heavy atom. The van der Waals surface area contributed by atoms with Crippen molar-refractivity contribution < 1.29 is 14.6 Å². The molecule has 0 bridgehead atoms. The summed E-state index contributed by atoms with van der Waals surface area (Å²) in [5.74, 6) is -1.24. The number of aromatic carboxylic acids is 1. The van der Waals surface area contributed by atoms with Gasteiger partial charge >= 0.3 is 5.97 Å². The largest absolute Gasteiger partial charge is 0.477 e. The molecule has 1 N–H and O–H groups in total. The molecule has 1 aromatic rings. The van der Waals surface area contributed by atoms with Gasteiger partial charge < -0.3 is 9.84 Å². The molecule has 0 atom stereocenters. The second-order valence-electron chi connectivity index (χ2n) is 3.03. The molecule has 0 amide bonds. The highest BCUT2D eigenvalue weighted by molar-refractivity contribution is 5.87. The maximum Gasteiger partial charge on any atom is 0.341 e. The van der Waals surface area contributed by atoms with Crippen LogP contribution in [0.3, 0.4) is 0 Å². The first-order chi connectivity index (χ1) is 7.06. The average Bonchev–Trinajstić information content (AvgIpc) is 2.18. The van der Waals surface area contributed by atoms with E-state index in [9.17, 15) is 9.59 Å². The van der Waals surface area contributed by atoms with Crippen molar-refractivity contribution in [3.63, 3.8) is 0 Å². The van der Waals surface area contributed by atoms with Crippen LogP contribution in [-0.4, -0.2) is 34.6 Å². The Labute approximate surface area is 86.1 Å². The number of carbonyl (C=O) groups is 1. The molecule has 0 unspecified atom stereocenters. The van der Waals surface area contributed by atoms with Gasteiger partial charge in [-0.25, -0.2) is 9.48 Å². The van der Waals surface area contributed by atoms with Gasteiger partial charge in [0.05, 0.1) is 18.8 Å². The van der Waals surface area contributed by atoms with Gasteiger partial charge in [-0.05, 0) is 13.0 Å². The first kappa shape index (κ1) is 11.4. The van der Waals surface area contributed by atoms with Crippen molar-refractivity contribution in [3.05, 3.63) is 27.7 Å². The number of aromatic nitrogens is 2. The smallest absolute Gasteiger partial charge is 0.341 e. The molecular formula is C9H12N2O4. The standard InChI is InChI=1S/C9H12N2O4/c1-6-5-7(9(13)14)8(12)11(10-6)3-4-15-2/h5H,3-4H2,1-2H3,(H,13,14). The van der Waals surface area contributed by atoms with Crippen LogP contribution in [0.5, 0.6) is 0 Å². The lowest BCUT2D eigenvalue weighted by atomic mass is 10.2. The molecule has 1 heterocycles. The number of carboxylic acid groups (broad SMARTS) is 1. The van der Waals surface area contributed by atoms with E-state index in [1.54, 1.807) is 6.92 Å². The molecule has 0 saturated heterocycles. The molecule has 6 heteroatoms. The van der Waals surface area contributed by atoms with E-state index in [4.69, 9.17) is 9.84 Å². The third kappa shape index (κ3) is 2.63. The highest BCUT2D eigenvalue weighted by atomic mass is 16.5. The number of aryl methyl sites for hydroxylation is 1. The Morgan fingerprint density at radius 3 is 2.87 bits per heavy atom. The van der Waals surface area contributed by atoms with Crippen LogP contribution in [-0.2, 0) is 11.3 Å². The molecule has 1 aromatic heterocycles. The summed E-state index contributed by atoms with van der Waals surface area (Å²) in [6.45, 7) is 2.20. The molecule has 0 radical (unpaired) electrons. The molecule has 0 fully saturated rings. The van der Waals surface area contributed by atoms with Crippen LogP contribution in [0.1, 0.15) is 16.1 Å². The van der Waals surface area contributed by atoms with Gasteiger partial charge in [0.1, 0.15) is 5.56 Å². The average molecular weight is 212 g/mol. The zero-order chi connectivity index (χ0) is 11.4. The van der Waals surface area contributed by atoms with Gasteiger partial charge in [0, 0.05) is 7.11 Å². The number of hydrogen-bond donors (Lipinski definition) is 1. The molecule has 0 saturated carbocycles. The Bertz CT molecular complexity index is 425. The molecule has 0 aliphatic rings. The van der Waals surface area contributed by atoms with Gasteiger partial charge in [-0.15, -0.1) is 0 Å². The Kier molecular flexibility index (Phi) is 3.56. The van der Waals surface area contributed by atoms with Crippen molar-refractivity contribution in [1.82, 2.24) is 9.78 Å². The van der Waals surface area contributed by atoms with Crippen molar-refractivity contribution >= 4 is 5.97 Å². The second kappa shape index (κ2) is 4.70. The van der Waals surface area contributed by atoms with E-state index in [0.29, 0.717) is 12.3 Å². The van der Waals surface area contributed by atoms with E-state index in [1.165, 1.54) is 13.2 Å². The number of nitrogens with zero attached hydrogens (tertiary/aromatic N) is 2. The lowest BCUT2D eigenvalue weighted by Gasteiger charge is -2.05. The molecule has 1 rings (SSSR count). The van der Waals surface area contributed by atoms with Gasteiger partial charge in [-0.1, -0.05) is 0 Å². The SMILES string of the molecule is COCCn1nc(C)cc(C(=O)O)c1=O. The highest BCUT2D eigenvalue weighted by Crippen LogP contribution is 1.95. The third-order valence-electron chi connectivity index (χ3n) is 1.83. The topological polar surface area (TPSA) is 81.4 Å². The number of hydrogen-bond acceptors (Lipinski definition) is 4. The lowest BCUT2D eigenvalue weighted by molar-refractivity contribution is 0.0693. The second-order valence-corrected chi connectivity index (χ2v) is 3.03. The van der Waals surface area contributed by atoms with Crippen molar-refractivity contribution in [1.29, 1.82) is 0 Å². The number of carboxylic acids is 1. The molecule has 0 aliphatic heterocycles. The maximum atomic E-state index is 11.5.